The van der Waals surface area contributed by atoms with Crippen molar-refractivity contribution in [2.45, 2.75) is 32.8 Å². The van der Waals surface area contributed by atoms with E-state index in [1.807, 2.05) is 12.1 Å². The van der Waals surface area contributed by atoms with Crippen molar-refractivity contribution < 1.29 is 4.74 Å². The second-order valence-corrected chi connectivity index (χ2v) is 7.98. The van der Waals surface area contributed by atoms with Gasteiger partial charge in [-0.05, 0) is 28.7 Å². The molecule has 0 unspecified atom stereocenters. The third kappa shape index (κ3) is 3.61. The SMILES string of the molecule is CC(C)(C)c1cccc(COc2c(-c3ccccc3)[nH]c3ccccc23)c1. The van der Waals surface area contributed by atoms with Crippen molar-refractivity contribution in [2.24, 2.45) is 0 Å². The number of H-pyrrole nitrogens is 1. The maximum Gasteiger partial charge on any atom is 0.153 e. The Morgan fingerprint density at radius 3 is 2.33 bits per heavy atom. The topological polar surface area (TPSA) is 25.0 Å². The summed E-state index contributed by atoms with van der Waals surface area (Å²) in [4.78, 5) is 3.53. The monoisotopic (exact) mass is 355 g/mol. The first-order valence-corrected chi connectivity index (χ1v) is 9.41. The molecule has 2 nitrogen and oxygen atoms in total. The molecule has 4 rings (SSSR count). The summed E-state index contributed by atoms with van der Waals surface area (Å²) in [5.41, 5.74) is 5.90. The lowest BCUT2D eigenvalue weighted by molar-refractivity contribution is 0.311. The highest BCUT2D eigenvalue weighted by molar-refractivity contribution is 5.94. The second-order valence-electron chi connectivity index (χ2n) is 7.98. The molecular weight excluding hydrogens is 330 g/mol. The van der Waals surface area contributed by atoms with Crippen molar-refractivity contribution >= 4 is 10.9 Å². The van der Waals surface area contributed by atoms with Crippen LogP contribution >= 0.6 is 0 Å². The Bertz CT molecular complexity index is 1050. The van der Waals surface area contributed by atoms with Crippen molar-refractivity contribution in [3.05, 3.63) is 90.0 Å². The summed E-state index contributed by atoms with van der Waals surface area (Å²) in [5, 5.41) is 1.11. The molecule has 1 aromatic heterocycles. The molecule has 0 saturated heterocycles. The fourth-order valence-corrected chi connectivity index (χ4v) is 3.36. The smallest absolute Gasteiger partial charge is 0.153 e. The first kappa shape index (κ1) is 17.4. The number of rotatable bonds is 4. The van der Waals surface area contributed by atoms with Crippen molar-refractivity contribution in [1.29, 1.82) is 0 Å². The van der Waals surface area contributed by atoms with E-state index in [1.165, 1.54) is 11.1 Å². The van der Waals surface area contributed by atoms with Gasteiger partial charge in [0.15, 0.2) is 5.75 Å². The highest BCUT2D eigenvalue weighted by atomic mass is 16.5. The standard InChI is InChI=1S/C25H25NO/c1-25(2,3)20-13-9-10-18(16-20)17-27-24-21-14-7-8-15-22(21)26-23(24)19-11-5-4-6-12-19/h4-16,26H,17H2,1-3H3. The lowest BCUT2D eigenvalue weighted by atomic mass is 9.86. The van der Waals surface area contributed by atoms with Crippen LogP contribution in [0.15, 0.2) is 78.9 Å². The van der Waals surface area contributed by atoms with E-state index in [1.54, 1.807) is 0 Å². The van der Waals surface area contributed by atoms with Crippen LogP contribution in [0.25, 0.3) is 22.2 Å². The van der Waals surface area contributed by atoms with Gasteiger partial charge < -0.3 is 9.72 Å². The molecule has 1 N–H and O–H groups in total. The van der Waals surface area contributed by atoms with E-state index < -0.39 is 0 Å². The first-order chi connectivity index (χ1) is 13.0. The lowest BCUT2D eigenvalue weighted by Gasteiger charge is -2.20. The van der Waals surface area contributed by atoms with Gasteiger partial charge in [-0.2, -0.15) is 0 Å². The minimum Gasteiger partial charge on any atom is -0.486 e. The predicted molar refractivity (Wildman–Crippen MR) is 113 cm³/mol. The molecule has 0 saturated carbocycles. The minimum absolute atomic E-state index is 0.131. The Kier molecular flexibility index (Phi) is 4.49. The molecule has 0 aliphatic heterocycles. The van der Waals surface area contributed by atoms with Gasteiger partial charge in [-0.1, -0.05) is 87.5 Å². The molecule has 27 heavy (non-hydrogen) atoms. The Labute approximate surface area is 160 Å². The average molecular weight is 355 g/mol. The van der Waals surface area contributed by atoms with Gasteiger partial charge in [0.05, 0.1) is 5.69 Å². The van der Waals surface area contributed by atoms with Crippen LogP contribution < -0.4 is 4.74 Å². The maximum absolute atomic E-state index is 6.37. The lowest BCUT2D eigenvalue weighted by Crippen LogP contribution is -2.11. The zero-order valence-electron chi connectivity index (χ0n) is 16.1. The van der Waals surface area contributed by atoms with Gasteiger partial charge in [0.1, 0.15) is 6.61 Å². The molecular formula is C25H25NO. The van der Waals surface area contributed by atoms with E-state index in [9.17, 15) is 0 Å². The summed E-state index contributed by atoms with van der Waals surface area (Å²) in [7, 11) is 0. The molecule has 1 heterocycles. The van der Waals surface area contributed by atoms with Crippen LogP contribution in [-0.4, -0.2) is 4.98 Å². The fourth-order valence-electron chi connectivity index (χ4n) is 3.36. The van der Waals surface area contributed by atoms with Crippen LogP contribution in [0.4, 0.5) is 0 Å². The number of nitrogens with one attached hydrogen (secondary N) is 1. The molecule has 0 bridgehead atoms. The largest absolute Gasteiger partial charge is 0.486 e. The number of aromatic nitrogens is 1. The number of para-hydroxylation sites is 1. The van der Waals surface area contributed by atoms with Gasteiger partial charge in [-0.3, -0.25) is 0 Å². The number of fused-ring (bicyclic) bond motifs is 1. The van der Waals surface area contributed by atoms with E-state index in [0.717, 1.165) is 27.9 Å². The quantitative estimate of drug-likeness (QED) is 0.432. The third-order valence-electron chi connectivity index (χ3n) is 4.90. The summed E-state index contributed by atoms with van der Waals surface area (Å²) >= 11 is 0. The Hall–Kier alpha value is -3.00. The van der Waals surface area contributed by atoms with Gasteiger partial charge in [-0.25, -0.2) is 0 Å². The van der Waals surface area contributed by atoms with Gasteiger partial charge in [0.2, 0.25) is 0 Å². The van der Waals surface area contributed by atoms with Gasteiger partial charge in [0, 0.05) is 16.5 Å². The van der Waals surface area contributed by atoms with E-state index in [4.69, 9.17) is 4.74 Å². The molecule has 3 aromatic carbocycles. The van der Waals surface area contributed by atoms with Crippen LogP contribution in [-0.2, 0) is 12.0 Å². The average Bonchev–Trinajstić information content (AvgIpc) is 3.05. The van der Waals surface area contributed by atoms with E-state index in [-0.39, 0.29) is 5.41 Å². The maximum atomic E-state index is 6.37. The van der Waals surface area contributed by atoms with Crippen molar-refractivity contribution in [1.82, 2.24) is 4.98 Å². The molecule has 0 atom stereocenters. The predicted octanol–water partition coefficient (Wildman–Crippen LogP) is 6.71. The van der Waals surface area contributed by atoms with Crippen LogP contribution in [0.2, 0.25) is 0 Å². The van der Waals surface area contributed by atoms with E-state index >= 15 is 0 Å². The summed E-state index contributed by atoms with van der Waals surface area (Å²) in [5.74, 6) is 0.915. The molecule has 4 aromatic rings. The number of hydrogen-bond donors (Lipinski definition) is 1. The molecule has 136 valence electrons. The van der Waals surface area contributed by atoms with Crippen molar-refractivity contribution in [3.8, 4) is 17.0 Å². The molecule has 0 aliphatic carbocycles. The number of benzene rings is 3. The summed E-state index contributed by atoms with van der Waals surface area (Å²) in [6.07, 6.45) is 0. The van der Waals surface area contributed by atoms with Crippen LogP contribution in [0.5, 0.6) is 5.75 Å². The van der Waals surface area contributed by atoms with E-state index in [2.05, 4.69) is 92.5 Å². The molecule has 2 heteroatoms. The highest BCUT2D eigenvalue weighted by Crippen LogP contribution is 2.37. The Morgan fingerprint density at radius 1 is 0.815 bits per heavy atom. The first-order valence-electron chi connectivity index (χ1n) is 9.41. The number of aromatic amines is 1. The third-order valence-corrected chi connectivity index (χ3v) is 4.90. The number of ether oxygens (including phenoxy) is 1. The second kappa shape index (κ2) is 6.96. The summed E-state index contributed by atoms with van der Waals surface area (Å²) in [6, 6.07) is 27.3. The minimum atomic E-state index is 0.131. The Morgan fingerprint density at radius 2 is 1.56 bits per heavy atom. The molecule has 0 amide bonds. The molecule has 0 aliphatic rings. The van der Waals surface area contributed by atoms with Gasteiger partial charge >= 0.3 is 0 Å². The summed E-state index contributed by atoms with van der Waals surface area (Å²) < 4.78 is 6.37. The van der Waals surface area contributed by atoms with Gasteiger partial charge in [0.25, 0.3) is 0 Å². The molecule has 0 spiro atoms. The van der Waals surface area contributed by atoms with E-state index in [0.29, 0.717) is 6.61 Å². The van der Waals surface area contributed by atoms with Crippen LogP contribution in [0, 0.1) is 0 Å². The van der Waals surface area contributed by atoms with Crippen molar-refractivity contribution in [2.75, 3.05) is 0 Å². The van der Waals surface area contributed by atoms with Crippen LogP contribution in [0.1, 0.15) is 31.9 Å². The normalized spacial score (nSPS) is 11.7. The van der Waals surface area contributed by atoms with Crippen molar-refractivity contribution in [3.63, 3.8) is 0 Å². The highest BCUT2D eigenvalue weighted by Gasteiger charge is 2.16. The molecule has 0 radical (unpaired) electrons. The van der Waals surface area contributed by atoms with Gasteiger partial charge in [-0.15, -0.1) is 0 Å². The summed E-state index contributed by atoms with van der Waals surface area (Å²) in [6.45, 7) is 7.26. The zero-order chi connectivity index (χ0) is 18.9. The fraction of sp³-hybridized carbons (Fsp3) is 0.200. The number of hydrogen-bond acceptors (Lipinski definition) is 1. The molecule has 0 fully saturated rings. The Balaban J connectivity index is 1.70. The van der Waals surface area contributed by atoms with Crippen LogP contribution in [0.3, 0.4) is 0 Å². The zero-order valence-corrected chi connectivity index (χ0v) is 16.1.